The predicted molar refractivity (Wildman–Crippen MR) is 435 cm³/mol. The fourth-order valence-electron chi connectivity index (χ4n) is 9.28. The Bertz CT molecular complexity index is 2650. The van der Waals surface area contributed by atoms with E-state index in [-0.39, 0.29) is 26.1 Å². The zero-order valence-corrected chi connectivity index (χ0v) is 64.2. The minimum Gasteiger partial charge on any atom is -0.462 e. The summed E-state index contributed by atoms with van der Waals surface area (Å²) >= 11 is 0. The smallest absolute Gasteiger partial charge is 0.462 e. The molecule has 0 fully saturated rings. The maximum atomic E-state index is 12.9. The molecular weight excluding hydrogens is 1250 g/mol. The molecule has 0 aliphatic carbocycles. The van der Waals surface area contributed by atoms with Crippen LogP contribution in [-0.2, 0) is 32.7 Å². The average molecular weight is 1390 g/mol. The van der Waals surface area contributed by atoms with Crippen LogP contribution in [0.3, 0.4) is 0 Å². The van der Waals surface area contributed by atoms with Crippen molar-refractivity contribution in [1.82, 2.24) is 0 Å². The standard InChI is InChI=1S/C90H138NO8P/c1-6-8-10-12-14-16-18-20-22-24-26-28-30-32-34-36-38-40-42-44-45-47-48-50-52-54-56-58-60-62-64-66-68-70-72-74-76-78-80-82-89(92)96-86-88(87-98-100(94,95)97-85-84-91(3,4)5)99-90(93)83-81-79-77-75-73-71-69-67-65-63-61-59-57-55-53-51-49-46-43-41-39-37-35-33-31-29-27-25-23-21-19-17-15-13-11-9-7-2/h8-11,14-17,20-23,26-29,32-35,38-41,44-46,48-50,53-56,59-62,65,67,71,73,88H,6-7,12-13,18-19,24-25,30-31,36-37,42-43,47,51-52,57-58,63-64,66,68-70,72,74-87H2,1-5H3/p+1/b10-8-,11-9-,16-14-,17-15-,22-20-,23-21-,28-26-,29-27-,34-32-,35-33-,40-38-,41-39-,45-44-,49-46-,50-48-,55-53-,56-54-,61-59-,62-60-,67-65-,73-71-. The second kappa shape index (κ2) is 76.7. The van der Waals surface area contributed by atoms with Crippen molar-refractivity contribution in [2.75, 3.05) is 47.5 Å². The van der Waals surface area contributed by atoms with E-state index in [1.165, 1.54) is 25.7 Å². The second-order valence-corrected chi connectivity index (χ2v) is 27.0. The van der Waals surface area contributed by atoms with Crippen molar-refractivity contribution in [2.45, 2.75) is 251 Å². The molecule has 0 spiro atoms. The van der Waals surface area contributed by atoms with Crippen LogP contribution in [0.1, 0.15) is 245 Å². The first-order valence-corrected chi connectivity index (χ1v) is 39.9. The number of ether oxygens (including phenoxy) is 2. The SMILES string of the molecule is CC/C=C\C/C=C\C/C=C\C/C=C\C/C=C\C/C=C\C/C=C\C/C=C\C/C=C\C/C=C\C/C=C\CCCCCC(=O)OC(COC(=O)CCCCCCCCCC/C=C\C/C=C\C/C=C\C/C=C\C/C=C\C/C=C\C/C=C\C/C=C\C/C=C\C/C=C\CC)COP(=O)(O)OCC[N+](C)(C)C. The summed E-state index contributed by atoms with van der Waals surface area (Å²) in [5.41, 5.74) is 0. The quantitative estimate of drug-likeness (QED) is 0.0211. The van der Waals surface area contributed by atoms with E-state index >= 15 is 0 Å². The van der Waals surface area contributed by atoms with Crippen LogP contribution in [-0.4, -0.2) is 74.9 Å². The maximum Gasteiger partial charge on any atom is 0.472 e. The summed E-state index contributed by atoms with van der Waals surface area (Å²) in [6, 6.07) is 0. The summed E-state index contributed by atoms with van der Waals surface area (Å²) in [6.45, 7) is 4.12. The number of carbonyl (C=O) groups excluding carboxylic acids is 2. The van der Waals surface area contributed by atoms with Crippen molar-refractivity contribution in [3.63, 3.8) is 0 Å². The highest BCUT2D eigenvalue weighted by Crippen LogP contribution is 2.43. The van der Waals surface area contributed by atoms with Crippen LogP contribution in [0, 0.1) is 0 Å². The largest absolute Gasteiger partial charge is 0.472 e. The van der Waals surface area contributed by atoms with E-state index in [0.717, 1.165) is 180 Å². The number of likely N-dealkylation sites (N-methyl/N-ethyl adjacent to an activating group) is 1. The molecule has 9 nitrogen and oxygen atoms in total. The second-order valence-electron chi connectivity index (χ2n) is 25.6. The molecule has 0 aromatic carbocycles. The normalized spacial score (nSPS) is 14.5. The highest BCUT2D eigenvalue weighted by Gasteiger charge is 2.27. The summed E-state index contributed by atoms with van der Waals surface area (Å²) in [5.74, 6) is -0.866. The first kappa shape index (κ1) is 93.6. The highest BCUT2D eigenvalue weighted by atomic mass is 31.2. The summed E-state index contributed by atoms with van der Waals surface area (Å²) < 4.78 is 34.7. The number of rotatable bonds is 67. The topological polar surface area (TPSA) is 108 Å². The van der Waals surface area contributed by atoms with Gasteiger partial charge in [-0.2, -0.15) is 0 Å². The molecule has 0 aliphatic rings. The van der Waals surface area contributed by atoms with Gasteiger partial charge in [-0.15, -0.1) is 0 Å². The van der Waals surface area contributed by atoms with Crippen molar-refractivity contribution < 1.29 is 42.1 Å². The minimum atomic E-state index is -4.43. The molecule has 0 saturated heterocycles. The zero-order valence-electron chi connectivity index (χ0n) is 63.3. The fraction of sp³-hybridized carbons (Fsp3) is 0.511. The fourth-order valence-corrected chi connectivity index (χ4v) is 10.0. The van der Waals surface area contributed by atoms with Gasteiger partial charge in [-0.1, -0.05) is 314 Å². The number of carbonyl (C=O) groups is 2. The van der Waals surface area contributed by atoms with Crippen LogP contribution in [0.5, 0.6) is 0 Å². The first-order chi connectivity index (χ1) is 49.0. The van der Waals surface area contributed by atoms with E-state index in [0.29, 0.717) is 23.9 Å². The third-order valence-electron chi connectivity index (χ3n) is 15.1. The number of hydrogen-bond acceptors (Lipinski definition) is 7. The number of esters is 2. The van der Waals surface area contributed by atoms with Gasteiger partial charge in [0.1, 0.15) is 19.8 Å². The van der Waals surface area contributed by atoms with Gasteiger partial charge in [0.05, 0.1) is 27.7 Å². The van der Waals surface area contributed by atoms with Gasteiger partial charge in [-0.05, 0) is 173 Å². The third kappa shape index (κ3) is 80.5. The van der Waals surface area contributed by atoms with E-state index in [1.807, 2.05) is 21.1 Å². The van der Waals surface area contributed by atoms with E-state index in [9.17, 15) is 19.0 Å². The van der Waals surface area contributed by atoms with Gasteiger partial charge < -0.3 is 18.9 Å². The van der Waals surface area contributed by atoms with E-state index in [2.05, 4.69) is 269 Å². The molecule has 0 aromatic heterocycles. The van der Waals surface area contributed by atoms with Crippen molar-refractivity contribution in [1.29, 1.82) is 0 Å². The zero-order chi connectivity index (χ0) is 72.5. The Balaban J connectivity index is 4.21. The number of nitrogens with zero attached hydrogens (tertiary/aromatic N) is 1. The van der Waals surface area contributed by atoms with Crippen LogP contribution < -0.4 is 0 Å². The Morgan fingerprint density at radius 3 is 0.810 bits per heavy atom. The van der Waals surface area contributed by atoms with Crippen molar-refractivity contribution >= 4 is 19.8 Å². The molecule has 0 aliphatic heterocycles. The van der Waals surface area contributed by atoms with Gasteiger partial charge in [-0.25, -0.2) is 4.57 Å². The van der Waals surface area contributed by atoms with Gasteiger partial charge in [-0.3, -0.25) is 18.6 Å². The predicted octanol–water partition coefficient (Wildman–Crippen LogP) is 26.0. The summed E-state index contributed by atoms with van der Waals surface area (Å²) in [5, 5.41) is 0. The van der Waals surface area contributed by atoms with Gasteiger partial charge in [0.25, 0.3) is 0 Å². The van der Waals surface area contributed by atoms with E-state index in [1.54, 1.807) is 0 Å². The number of phosphoric ester groups is 1. The molecule has 0 saturated carbocycles. The molecule has 556 valence electrons. The average Bonchev–Trinajstić information content (AvgIpc) is 1.02. The summed E-state index contributed by atoms with van der Waals surface area (Å²) in [4.78, 5) is 35.9. The Morgan fingerprint density at radius 2 is 0.540 bits per heavy atom. The lowest BCUT2D eigenvalue weighted by atomic mass is 10.1. The maximum absolute atomic E-state index is 12.9. The van der Waals surface area contributed by atoms with Crippen molar-refractivity contribution in [2.24, 2.45) is 0 Å². The number of unbranched alkanes of at least 4 members (excludes halogenated alkanes) is 11. The number of phosphoric acid groups is 1. The van der Waals surface area contributed by atoms with Gasteiger partial charge >= 0.3 is 19.8 Å². The summed E-state index contributed by atoms with van der Waals surface area (Å²) in [7, 11) is 1.41. The Hall–Kier alpha value is -6.45. The lowest BCUT2D eigenvalue weighted by Crippen LogP contribution is -2.37. The highest BCUT2D eigenvalue weighted by molar-refractivity contribution is 7.47. The minimum absolute atomic E-state index is 0.00894. The van der Waals surface area contributed by atoms with Gasteiger partial charge in [0.2, 0.25) is 0 Å². The van der Waals surface area contributed by atoms with Crippen LogP contribution in [0.15, 0.2) is 255 Å². The molecule has 2 atom stereocenters. The monoisotopic (exact) mass is 1390 g/mol. The van der Waals surface area contributed by atoms with Gasteiger partial charge in [0.15, 0.2) is 6.10 Å². The van der Waals surface area contributed by atoms with Crippen LogP contribution >= 0.6 is 7.82 Å². The number of allylic oxidation sites excluding steroid dienone is 42. The Labute approximate surface area is 612 Å². The molecule has 0 amide bonds. The molecule has 0 aromatic rings. The molecule has 10 heteroatoms. The molecule has 0 heterocycles. The van der Waals surface area contributed by atoms with Crippen LogP contribution in [0.25, 0.3) is 0 Å². The number of quaternary nitrogens is 1. The molecule has 1 N–H and O–H groups in total. The Kier molecular flexibility index (Phi) is 71.8. The molecule has 0 bridgehead atoms. The van der Waals surface area contributed by atoms with E-state index < -0.39 is 32.5 Å². The molecule has 0 radical (unpaired) electrons. The van der Waals surface area contributed by atoms with Crippen molar-refractivity contribution in [3.8, 4) is 0 Å². The lowest BCUT2D eigenvalue weighted by molar-refractivity contribution is -0.870. The molecule has 100 heavy (non-hydrogen) atoms. The lowest BCUT2D eigenvalue weighted by Gasteiger charge is -2.24. The first-order valence-electron chi connectivity index (χ1n) is 38.4. The molecular formula is C90H139NO8P+. The molecule has 2 unspecified atom stereocenters. The Morgan fingerprint density at radius 1 is 0.310 bits per heavy atom. The third-order valence-corrected chi connectivity index (χ3v) is 16.0. The number of hydrogen-bond donors (Lipinski definition) is 1. The van der Waals surface area contributed by atoms with Crippen LogP contribution in [0.2, 0.25) is 0 Å². The van der Waals surface area contributed by atoms with E-state index in [4.69, 9.17) is 18.5 Å². The van der Waals surface area contributed by atoms with Gasteiger partial charge in [0, 0.05) is 12.8 Å². The summed E-state index contributed by atoms with van der Waals surface area (Å²) in [6.07, 6.45) is 127. The van der Waals surface area contributed by atoms with Crippen molar-refractivity contribution in [3.05, 3.63) is 255 Å². The molecule has 0 rings (SSSR count). The van der Waals surface area contributed by atoms with Crippen LogP contribution in [0.4, 0.5) is 0 Å².